The van der Waals surface area contributed by atoms with Crippen LogP contribution in [0.4, 0.5) is 5.82 Å². The second kappa shape index (κ2) is 7.40. The summed E-state index contributed by atoms with van der Waals surface area (Å²) in [4.78, 5) is 11.3. The third kappa shape index (κ3) is 3.46. The van der Waals surface area contributed by atoms with E-state index in [1.165, 1.54) is 43.4 Å². The van der Waals surface area contributed by atoms with Gasteiger partial charge in [0.1, 0.15) is 10.6 Å². The number of hydrogen-bond acceptors (Lipinski definition) is 6. The molecule has 3 heterocycles. The number of fused-ring (bicyclic) bond motifs is 1. The molecule has 4 fully saturated rings. The summed E-state index contributed by atoms with van der Waals surface area (Å²) in [5.74, 6) is 4.64. The Bertz CT molecular complexity index is 959. The van der Waals surface area contributed by atoms with E-state index < -0.39 is 0 Å². The molecule has 6 heteroatoms. The van der Waals surface area contributed by atoms with Gasteiger partial charge in [-0.1, -0.05) is 13.8 Å². The number of anilines is 1. The summed E-state index contributed by atoms with van der Waals surface area (Å²) in [6, 6.07) is 5.87. The Morgan fingerprint density at radius 2 is 1.83 bits per heavy atom. The van der Waals surface area contributed by atoms with Gasteiger partial charge in [0.15, 0.2) is 11.6 Å². The van der Waals surface area contributed by atoms with Gasteiger partial charge in [-0.2, -0.15) is 0 Å². The fourth-order valence-electron chi connectivity index (χ4n) is 6.20. The maximum Gasteiger partial charge on any atom is 0.199 e. The van der Waals surface area contributed by atoms with Crippen molar-refractivity contribution in [1.82, 2.24) is 15.3 Å². The fourth-order valence-corrected chi connectivity index (χ4v) is 7.17. The molecule has 0 aromatic carbocycles. The Morgan fingerprint density at radius 3 is 2.45 bits per heavy atom. The standard InChI is InChI=1S/C21H24N4OS.C2H6/c22-18-16-7-15(27-20(16)25-19(24-18)17-2-1-3-26-17)11-23-21-8-12-4-13(9-21)6-14(5-12)10-21;1-2/h1-3,7,12-14,23H,4-6,8-11H2,(H2,22,24,25);1-2H3. The van der Waals surface area contributed by atoms with E-state index in [0.717, 1.165) is 34.5 Å². The number of nitrogens with one attached hydrogen (secondary N) is 1. The molecule has 0 unspecified atom stereocenters. The third-order valence-corrected chi connectivity index (χ3v) is 7.92. The molecule has 154 valence electrons. The summed E-state index contributed by atoms with van der Waals surface area (Å²) in [7, 11) is 0. The number of rotatable bonds is 4. The lowest BCUT2D eigenvalue weighted by Gasteiger charge is -2.57. The van der Waals surface area contributed by atoms with Crippen LogP contribution < -0.4 is 11.1 Å². The zero-order valence-electron chi connectivity index (χ0n) is 17.3. The zero-order valence-corrected chi connectivity index (χ0v) is 18.1. The molecule has 7 rings (SSSR count). The van der Waals surface area contributed by atoms with Crippen molar-refractivity contribution < 1.29 is 4.42 Å². The molecule has 0 radical (unpaired) electrons. The summed E-state index contributed by atoms with van der Waals surface area (Å²) in [6.45, 7) is 4.91. The van der Waals surface area contributed by atoms with Crippen molar-refractivity contribution in [3.8, 4) is 11.6 Å². The number of hydrogen-bond donors (Lipinski definition) is 2. The fraction of sp³-hybridized carbons (Fsp3) is 0.565. The average Bonchev–Trinajstić information content (AvgIpc) is 3.37. The Balaban J connectivity index is 0.000000882. The molecule has 4 saturated carbocycles. The van der Waals surface area contributed by atoms with Gasteiger partial charge in [0.25, 0.3) is 0 Å². The van der Waals surface area contributed by atoms with Gasteiger partial charge in [0.05, 0.1) is 11.6 Å². The minimum Gasteiger partial charge on any atom is -0.461 e. The van der Waals surface area contributed by atoms with Gasteiger partial charge in [-0.25, -0.2) is 9.97 Å². The number of aromatic nitrogens is 2. The van der Waals surface area contributed by atoms with Gasteiger partial charge in [-0.3, -0.25) is 0 Å². The highest BCUT2D eigenvalue weighted by atomic mass is 32.1. The Labute approximate surface area is 176 Å². The molecule has 0 aliphatic heterocycles. The Hall–Kier alpha value is -1.92. The summed E-state index contributed by atoms with van der Waals surface area (Å²) < 4.78 is 5.43. The first-order valence-electron chi connectivity index (χ1n) is 11.0. The minimum atomic E-state index is 0.376. The van der Waals surface area contributed by atoms with Gasteiger partial charge in [-0.05, 0) is 74.5 Å². The van der Waals surface area contributed by atoms with E-state index in [9.17, 15) is 0 Å². The largest absolute Gasteiger partial charge is 0.461 e. The highest BCUT2D eigenvalue weighted by Crippen LogP contribution is 2.55. The second-order valence-corrected chi connectivity index (χ2v) is 10.0. The molecular weight excluding hydrogens is 380 g/mol. The summed E-state index contributed by atoms with van der Waals surface area (Å²) >= 11 is 1.72. The third-order valence-electron chi connectivity index (χ3n) is 6.89. The van der Waals surface area contributed by atoms with Gasteiger partial charge in [0, 0.05) is 17.0 Å². The first-order valence-corrected chi connectivity index (χ1v) is 11.8. The predicted octanol–water partition coefficient (Wildman–Crippen LogP) is 5.62. The van der Waals surface area contributed by atoms with Crippen LogP contribution >= 0.6 is 11.3 Å². The SMILES string of the molecule is CC.Nc1nc(-c2ccco2)nc2sc(CNC34CC5CC(CC(C5)C3)C4)cc12. The summed E-state index contributed by atoms with van der Waals surface area (Å²) in [6.07, 6.45) is 10.2. The second-order valence-electron chi connectivity index (χ2n) is 8.89. The van der Waals surface area contributed by atoms with Crippen LogP contribution in [-0.2, 0) is 6.54 Å². The summed E-state index contributed by atoms with van der Waals surface area (Å²) in [5, 5.41) is 4.93. The van der Waals surface area contributed by atoms with Crippen LogP contribution in [0.25, 0.3) is 21.8 Å². The van der Waals surface area contributed by atoms with Crippen molar-refractivity contribution in [2.45, 2.75) is 64.5 Å². The maximum atomic E-state index is 6.21. The van der Waals surface area contributed by atoms with E-state index in [4.69, 9.17) is 10.2 Å². The van der Waals surface area contributed by atoms with E-state index in [0.29, 0.717) is 22.9 Å². The topological polar surface area (TPSA) is 77.0 Å². The predicted molar refractivity (Wildman–Crippen MR) is 119 cm³/mol. The zero-order chi connectivity index (χ0) is 20.0. The van der Waals surface area contributed by atoms with Crippen LogP contribution in [0.15, 0.2) is 28.9 Å². The molecule has 4 aliphatic rings. The molecular formula is C23H30N4OS. The first-order chi connectivity index (χ1) is 14.2. The molecule has 4 aliphatic carbocycles. The molecule has 0 spiro atoms. The molecule has 4 bridgehead atoms. The van der Waals surface area contributed by atoms with E-state index >= 15 is 0 Å². The van der Waals surface area contributed by atoms with Gasteiger partial charge >= 0.3 is 0 Å². The van der Waals surface area contributed by atoms with Crippen LogP contribution in [0.1, 0.15) is 57.2 Å². The van der Waals surface area contributed by atoms with Crippen LogP contribution in [0.5, 0.6) is 0 Å². The van der Waals surface area contributed by atoms with Crippen LogP contribution in [0.2, 0.25) is 0 Å². The van der Waals surface area contributed by atoms with Crippen LogP contribution in [0, 0.1) is 17.8 Å². The molecule has 0 atom stereocenters. The van der Waals surface area contributed by atoms with E-state index in [1.807, 2.05) is 26.0 Å². The van der Waals surface area contributed by atoms with Gasteiger partial charge in [0.2, 0.25) is 0 Å². The number of nitrogens with zero attached hydrogens (tertiary/aromatic N) is 2. The lowest BCUT2D eigenvalue weighted by Crippen LogP contribution is -2.58. The van der Waals surface area contributed by atoms with Crippen molar-refractivity contribution in [3.05, 3.63) is 29.3 Å². The number of nitrogens with two attached hydrogens (primary N) is 1. The molecule has 3 N–H and O–H groups in total. The Morgan fingerprint density at radius 1 is 1.14 bits per heavy atom. The first kappa shape index (κ1) is 19.1. The smallest absolute Gasteiger partial charge is 0.199 e. The highest BCUT2D eigenvalue weighted by Gasteiger charge is 2.50. The maximum absolute atomic E-state index is 6.21. The van der Waals surface area contributed by atoms with Crippen molar-refractivity contribution in [2.75, 3.05) is 5.73 Å². The van der Waals surface area contributed by atoms with Crippen molar-refractivity contribution in [3.63, 3.8) is 0 Å². The van der Waals surface area contributed by atoms with Crippen LogP contribution in [-0.4, -0.2) is 15.5 Å². The number of furan rings is 1. The monoisotopic (exact) mass is 410 g/mol. The lowest BCUT2D eigenvalue weighted by atomic mass is 9.53. The summed E-state index contributed by atoms with van der Waals surface area (Å²) in [5.41, 5.74) is 6.59. The van der Waals surface area contributed by atoms with Crippen LogP contribution in [0.3, 0.4) is 0 Å². The van der Waals surface area contributed by atoms with Crippen molar-refractivity contribution in [1.29, 1.82) is 0 Å². The molecule has 3 aromatic heterocycles. The molecule has 5 nitrogen and oxygen atoms in total. The van der Waals surface area contributed by atoms with Crippen molar-refractivity contribution >= 4 is 27.4 Å². The lowest BCUT2D eigenvalue weighted by molar-refractivity contribution is -0.0204. The Kier molecular flexibility index (Phi) is 4.87. The van der Waals surface area contributed by atoms with Gasteiger partial charge in [-0.15, -0.1) is 11.3 Å². The van der Waals surface area contributed by atoms with Gasteiger partial charge < -0.3 is 15.5 Å². The van der Waals surface area contributed by atoms with E-state index in [-0.39, 0.29) is 0 Å². The molecule has 0 amide bonds. The highest BCUT2D eigenvalue weighted by molar-refractivity contribution is 7.18. The van der Waals surface area contributed by atoms with Crippen molar-refractivity contribution in [2.24, 2.45) is 17.8 Å². The quantitative estimate of drug-likeness (QED) is 0.584. The van der Waals surface area contributed by atoms with E-state index in [1.54, 1.807) is 17.6 Å². The molecule has 0 saturated heterocycles. The minimum absolute atomic E-state index is 0.376. The molecule has 3 aromatic rings. The van der Waals surface area contributed by atoms with E-state index in [2.05, 4.69) is 21.4 Å². The number of thiophene rings is 1. The normalized spacial score (nSPS) is 29.8. The number of nitrogen functional groups attached to an aromatic ring is 1. The molecule has 29 heavy (non-hydrogen) atoms. The average molecular weight is 411 g/mol.